The minimum atomic E-state index is 0. The van der Waals surface area contributed by atoms with Gasteiger partial charge >= 0.3 is 26.2 Å². The van der Waals surface area contributed by atoms with Gasteiger partial charge in [0.25, 0.3) is 0 Å². The largest absolute Gasteiger partial charge is 4.00 e. The molecule has 2 rings (SSSR count). The maximum atomic E-state index is 2.99. The summed E-state index contributed by atoms with van der Waals surface area (Å²) in [5.41, 5.74) is 0. The van der Waals surface area contributed by atoms with E-state index in [0.717, 1.165) is 6.42 Å². The Morgan fingerprint density at radius 2 is 1.57 bits per heavy atom. The summed E-state index contributed by atoms with van der Waals surface area (Å²) in [6, 6.07) is 12.5. The van der Waals surface area contributed by atoms with Crippen LogP contribution in [0.4, 0.5) is 0 Å². The van der Waals surface area contributed by atoms with Crippen molar-refractivity contribution in [3.05, 3.63) is 60.7 Å². The molecule has 0 unspecified atom stereocenters. The third-order valence-corrected chi connectivity index (χ3v) is 1.19. The fraction of sp³-hybridized carbons (Fsp3) is 0.0909. The molecule has 72 valence electrons. The van der Waals surface area contributed by atoms with Gasteiger partial charge in [0, 0.05) is 0 Å². The van der Waals surface area contributed by atoms with Crippen molar-refractivity contribution < 1.29 is 51.0 Å². The van der Waals surface area contributed by atoms with Crippen LogP contribution >= 0.6 is 0 Å². The van der Waals surface area contributed by atoms with Gasteiger partial charge in [0.15, 0.2) is 0 Å². The fourth-order valence-electron chi connectivity index (χ4n) is 0.682. The molecule has 0 aliphatic heterocycles. The Bertz CT molecular complexity index is 196. The van der Waals surface area contributed by atoms with Gasteiger partial charge in [-0.25, -0.2) is 12.2 Å². The van der Waals surface area contributed by atoms with E-state index in [1.54, 1.807) is 0 Å². The average molecular weight is 304 g/mol. The van der Waals surface area contributed by atoms with Crippen LogP contribution in [0.5, 0.6) is 0 Å². The number of hydrogen-bond donors (Lipinski definition) is 0. The normalized spacial score (nSPS) is 9.71. The van der Waals surface area contributed by atoms with Crippen molar-refractivity contribution in [3.63, 3.8) is 0 Å². The Morgan fingerprint density at radius 3 is 1.71 bits per heavy atom. The standard InChI is InChI=1S/C6H5.C5H5.2ClH.Zr/c1-2-4-6-5-3-1;1-2-4-5-3-1;;;/h1-5H;1-3H,4H2;2*1H;/q2*-1;;;+4/p-2. The molecule has 0 radical (unpaired) electrons. The zero-order valence-electron chi connectivity index (χ0n) is 7.58. The molecule has 1 aromatic rings. The predicted molar refractivity (Wildman–Crippen MR) is 46.8 cm³/mol. The zero-order chi connectivity index (χ0) is 7.78. The minimum Gasteiger partial charge on any atom is -1.00 e. The topological polar surface area (TPSA) is 0 Å². The van der Waals surface area contributed by atoms with Gasteiger partial charge in [-0.05, 0) is 0 Å². The average Bonchev–Trinajstić information content (AvgIpc) is 2.64. The van der Waals surface area contributed by atoms with Crippen LogP contribution in [-0.2, 0) is 26.2 Å². The van der Waals surface area contributed by atoms with Crippen LogP contribution in [0.1, 0.15) is 6.42 Å². The molecular formula is C11H10Cl2Zr. The predicted octanol–water partition coefficient (Wildman–Crippen LogP) is -3.20. The maximum absolute atomic E-state index is 2.99. The smallest absolute Gasteiger partial charge is 1.00 e. The molecule has 0 N–H and O–H groups in total. The van der Waals surface area contributed by atoms with E-state index >= 15 is 0 Å². The molecule has 0 bridgehead atoms. The van der Waals surface area contributed by atoms with Crippen LogP contribution in [0.2, 0.25) is 0 Å². The molecule has 0 atom stereocenters. The van der Waals surface area contributed by atoms with Crippen molar-refractivity contribution in [2.75, 3.05) is 0 Å². The zero-order valence-corrected chi connectivity index (χ0v) is 11.6. The minimum absolute atomic E-state index is 0. The summed E-state index contributed by atoms with van der Waals surface area (Å²) in [4.78, 5) is 0. The van der Waals surface area contributed by atoms with Crippen LogP contribution < -0.4 is 24.8 Å². The van der Waals surface area contributed by atoms with Crippen molar-refractivity contribution in [2.24, 2.45) is 0 Å². The second kappa shape index (κ2) is 15.6. The summed E-state index contributed by atoms with van der Waals surface area (Å²) in [7, 11) is 0. The van der Waals surface area contributed by atoms with E-state index in [1.165, 1.54) is 0 Å². The number of rotatable bonds is 0. The number of hydrogen-bond acceptors (Lipinski definition) is 0. The van der Waals surface area contributed by atoms with Gasteiger partial charge in [-0.2, -0.15) is 42.5 Å². The molecule has 0 nitrogen and oxygen atoms in total. The summed E-state index contributed by atoms with van der Waals surface area (Å²) in [5.74, 6) is 0. The maximum Gasteiger partial charge on any atom is 4.00 e. The van der Waals surface area contributed by atoms with Crippen molar-refractivity contribution in [2.45, 2.75) is 6.42 Å². The summed E-state index contributed by atoms with van der Waals surface area (Å²) in [5, 5.41) is 0. The molecular weight excluding hydrogens is 294 g/mol. The van der Waals surface area contributed by atoms with Gasteiger partial charge in [0.05, 0.1) is 0 Å². The van der Waals surface area contributed by atoms with Gasteiger partial charge in [-0.1, -0.05) is 0 Å². The monoisotopic (exact) mass is 302 g/mol. The molecule has 1 aliphatic rings. The molecule has 0 saturated heterocycles. The Balaban J connectivity index is -0.000000144. The van der Waals surface area contributed by atoms with Crippen LogP contribution in [0.15, 0.2) is 48.6 Å². The number of benzene rings is 1. The van der Waals surface area contributed by atoms with Crippen LogP contribution in [0, 0.1) is 12.1 Å². The second-order valence-corrected chi connectivity index (χ2v) is 2.08. The Hall–Kier alpha value is 0.163. The van der Waals surface area contributed by atoms with Gasteiger partial charge in [0.1, 0.15) is 0 Å². The van der Waals surface area contributed by atoms with Crippen LogP contribution in [0.3, 0.4) is 0 Å². The van der Waals surface area contributed by atoms with Crippen LogP contribution in [0.25, 0.3) is 0 Å². The first-order valence-electron chi connectivity index (χ1n) is 3.63. The molecule has 0 heterocycles. The van der Waals surface area contributed by atoms with Gasteiger partial charge in [-0.15, -0.1) is 6.42 Å². The summed E-state index contributed by atoms with van der Waals surface area (Å²) in [6.07, 6.45) is 10.0. The van der Waals surface area contributed by atoms with Crippen LogP contribution in [-0.4, -0.2) is 0 Å². The van der Waals surface area contributed by atoms with E-state index in [1.807, 2.05) is 42.5 Å². The van der Waals surface area contributed by atoms with E-state index in [4.69, 9.17) is 0 Å². The summed E-state index contributed by atoms with van der Waals surface area (Å²) in [6.45, 7) is 0. The van der Waals surface area contributed by atoms with Crippen molar-refractivity contribution in [3.8, 4) is 0 Å². The first kappa shape index (κ1) is 19.7. The van der Waals surface area contributed by atoms with E-state index < -0.39 is 0 Å². The molecule has 1 aliphatic carbocycles. The van der Waals surface area contributed by atoms with Crippen molar-refractivity contribution in [1.82, 2.24) is 0 Å². The quantitative estimate of drug-likeness (QED) is 0.443. The first-order valence-corrected chi connectivity index (χ1v) is 3.63. The second-order valence-electron chi connectivity index (χ2n) is 2.08. The molecule has 0 fully saturated rings. The third-order valence-electron chi connectivity index (χ3n) is 1.19. The SMILES string of the molecule is [C-]1=CC=CC1.[Cl-].[Cl-].[Zr+4].[c-]1ccccc1. The van der Waals surface area contributed by atoms with Gasteiger partial charge < -0.3 is 24.8 Å². The molecule has 3 heteroatoms. The molecule has 0 aromatic heterocycles. The number of halogens is 2. The van der Waals surface area contributed by atoms with E-state index in [-0.39, 0.29) is 51.0 Å². The number of allylic oxidation sites excluding steroid dienone is 4. The van der Waals surface area contributed by atoms with E-state index in [0.29, 0.717) is 0 Å². The molecule has 0 spiro atoms. The summed E-state index contributed by atoms with van der Waals surface area (Å²) >= 11 is 0. The van der Waals surface area contributed by atoms with Gasteiger partial charge in [0.2, 0.25) is 0 Å². The third kappa shape index (κ3) is 12.2. The van der Waals surface area contributed by atoms with Crippen molar-refractivity contribution in [1.29, 1.82) is 0 Å². The molecule has 0 saturated carbocycles. The van der Waals surface area contributed by atoms with E-state index in [9.17, 15) is 0 Å². The summed E-state index contributed by atoms with van der Waals surface area (Å²) < 4.78 is 0. The van der Waals surface area contributed by atoms with Gasteiger partial charge in [-0.3, -0.25) is 6.08 Å². The van der Waals surface area contributed by atoms with E-state index in [2.05, 4.69) is 18.2 Å². The molecule has 14 heavy (non-hydrogen) atoms. The Labute approximate surface area is 117 Å². The Kier molecular flexibility index (Phi) is 22.0. The fourth-order valence-corrected chi connectivity index (χ4v) is 0.682. The van der Waals surface area contributed by atoms with Crippen molar-refractivity contribution >= 4 is 0 Å². The first-order chi connectivity index (χ1) is 5.50. The molecule has 0 amide bonds. The Morgan fingerprint density at radius 1 is 0.929 bits per heavy atom. The molecule has 1 aromatic carbocycles.